The fourth-order valence-corrected chi connectivity index (χ4v) is 2.82. The molecule has 2 N–H and O–H groups in total. The van der Waals surface area contributed by atoms with Gasteiger partial charge in [0.15, 0.2) is 5.96 Å². The second-order valence-electron chi connectivity index (χ2n) is 6.13. The summed E-state index contributed by atoms with van der Waals surface area (Å²) in [5, 5.41) is 12.1. The first-order valence-corrected chi connectivity index (χ1v) is 8.58. The molecule has 2 heterocycles. The second kappa shape index (κ2) is 7.88. The molecule has 0 fully saturated rings. The van der Waals surface area contributed by atoms with Crippen LogP contribution >= 0.6 is 0 Å². The number of hydrogen-bond acceptors (Lipinski definition) is 3. The number of guanidine groups is 1. The highest BCUT2D eigenvalue weighted by Gasteiger charge is 2.10. The quantitative estimate of drug-likeness (QED) is 0.412. The summed E-state index contributed by atoms with van der Waals surface area (Å²) in [6, 6.07) is 8.10. The van der Waals surface area contributed by atoms with Gasteiger partial charge in [0, 0.05) is 37.3 Å². The summed E-state index contributed by atoms with van der Waals surface area (Å²) in [6.45, 7) is 6.47. The van der Waals surface area contributed by atoms with Crippen molar-refractivity contribution in [3.8, 4) is 0 Å². The van der Waals surface area contributed by atoms with Crippen molar-refractivity contribution in [1.29, 1.82) is 0 Å². The van der Waals surface area contributed by atoms with E-state index in [1.807, 2.05) is 36.0 Å². The SMILES string of the molecule is CN=C(NCCCn1cc(C)cn1)NCc1oc2ccccc2c1C. The van der Waals surface area contributed by atoms with Crippen LogP contribution in [0, 0.1) is 13.8 Å². The molecule has 0 amide bonds. The maximum Gasteiger partial charge on any atom is 0.191 e. The van der Waals surface area contributed by atoms with Crippen LogP contribution in [0.4, 0.5) is 0 Å². The summed E-state index contributed by atoms with van der Waals surface area (Å²) >= 11 is 0. The molecule has 3 rings (SSSR count). The molecule has 2 aromatic heterocycles. The van der Waals surface area contributed by atoms with Gasteiger partial charge in [0.2, 0.25) is 0 Å². The summed E-state index contributed by atoms with van der Waals surface area (Å²) in [5.41, 5.74) is 3.29. The van der Waals surface area contributed by atoms with Crippen molar-refractivity contribution in [3.05, 3.63) is 53.5 Å². The highest BCUT2D eigenvalue weighted by atomic mass is 16.3. The van der Waals surface area contributed by atoms with Crippen molar-refractivity contribution in [3.63, 3.8) is 0 Å². The molecule has 0 unspecified atom stereocenters. The number of para-hydroxylation sites is 1. The lowest BCUT2D eigenvalue weighted by Gasteiger charge is -2.11. The molecular formula is C19H25N5O. The fourth-order valence-electron chi connectivity index (χ4n) is 2.82. The first-order chi connectivity index (χ1) is 12.2. The minimum atomic E-state index is 0.610. The number of nitrogens with zero attached hydrogens (tertiary/aromatic N) is 3. The van der Waals surface area contributed by atoms with Gasteiger partial charge in [0.1, 0.15) is 11.3 Å². The van der Waals surface area contributed by atoms with Crippen LogP contribution < -0.4 is 10.6 Å². The Kier molecular flexibility index (Phi) is 5.38. The van der Waals surface area contributed by atoms with E-state index in [0.717, 1.165) is 42.2 Å². The molecule has 132 valence electrons. The lowest BCUT2D eigenvalue weighted by Crippen LogP contribution is -2.37. The van der Waals surface area contributed by atoms with Crippen LogP contribution in [0.1, 0.15) is 23.3 Å². The van der Waals surface area contributed by atoms with Gasteiger partial charge in [0.25, 0.3) is 0 Å². The van der Waals surface area contributed by atoms with E-state index in [4.69, 9.17) is 4.42 Å². The number of benzene rings is 1. The maximum absolute atomic E-state index is 5.92. The highest BCUT2D eigenvalue weighted by molar-refractivity contribution is 5.82. The van der Waals surface area contributed by atoms with Crippen molar-refractivity contribution < 1.29 is 4.42 Å². The van der Waals surface area contributed by atoms with Crippen LogP contribution in [0.15, 0.2) is 46.1 Å². The predicted molar refractivity (Wildman–Crippen MR) is 101 cm³/mol. The fraction of sp³-hybridized carbons (Fsp3) is 0.368. The highest BCUT2D eigenvalue weighted by Crippen LogP contribution is 2.24. The van der Waals surface area contributed by atoms with Gasteiger partial charge in [-0.25, -0.2) is 0 Å². The number of furan rings is 1. The zero-order chi connectivity index (χ0) is 17.6. The minimum absolute atomic E-state index is 0.610. The third-order valence-electron chi connectivity index (χ3n) is 4.20. The van der Waals surface area contributed by atoms with Crippen molar-refractivity contribution in [2.75, 3.05) is 13.6 Å². The normalized spacial score (nSPS) is 11.9. The Morgan fingerprint density at radius 2 is 2.08 bits per heavy atom. The molecule has 0 saturated carbocycles. The molecular weight excluding hydrogens is 314 g/mol. The molecule has 25 heavy (non-hydrogen) atoms. The van der Waals surface area contributed by atoms with Crippen molar-refractivity contribution in [1.82, 2.24) is 20.4 Å². The van der Waals surface area contributed by atoms with E-state index in [9.17, 15) is 0 Å². The Bertz CT molecular complexity index is 862. The van der Waals surface area contributed by atoms with E-state index < -0.39 is 0 Å². The first kappa shape index (κ1) is 17.1. The number of aryl methyl sites for hydroxylation is 3. The number of rotatable bonds is 6. The summed E-state index contributed by atoms with van der Waals surface area (Å²) in [4.78, 5) is 4.27. The molecule has 6 nitrogen and oxygen atoms in total. The van der Waals surface area contributed by atoms with Crippen molar-refractivity contribution in [2.24, 2.45) is 4.99 Å². The van der Waals surface area contributed by atoms with Gasteiger partial charge in [-0.2, -0.15) is 5.10 Å². The number of fused-ring (bicyclic) bond motifs is 1. The first-order valence-electron chi connectivity index (χ1n) is 8.58. The molecule has 0 bridgehead atoms. The topological polar surface area (TPSA) is 67.4 Å². The van der Waals surface area contributed by atoms with Crippen LogP contribution in [0.5, 0.6) is 0 Å². The molecule has 0 aliphatic rings. The van der Waals surface area contributed by atoms with E-state index in [0.29, 0.717) is 6.54 Å². The monoisotopic (exact) mass is 339 g/mol. The minimum Gasteiger partial charge on any atom is -0.459 e. The average molecular weight is 339 g/mol. The van der Waals surface area contributed by atoms with Crippen molar-refractivity contribution >= 4 is 16.9 Å². The Morgan fingerprint density at radius 3 is 2.80 bits per heavy atom. The third-order valence-corrected chi connectivity index (χ3v) is 4.20. The Morgan fingerprint density at radius 1 is 1.24 bits per heavy atom. The zero-order valence-corrected chi connectivity index (χ0v) is 15.0. The molecule has 0 atom stereocenters. The molecule has 6 heteroatoms. The Hall–Kier alpha value is -2.76. The predicted octanol–water partition coefficient (Wildman–Crippen LogP) is 3.00. The third kappa shape index (κ3) is 4.21. The van der Waals surface area contributed by atoms with E-state index in [2.05, 4.69) is 39.9 Å². The van der Waals surface area contributed by atoms with Gasteiger partial charge >= 0.3 is 0 Å². The summed E-state index contributed by atoms with van der Waals surface area (Å²) in [5.74, 6) is 1.72. The molecule has 0 saturated heterocycles. The molecule has 1 aromatic carbocycles. The molecule has 0 spiro atoms. The van der Waals surface area contributed by atoms with Crippen LogP contribution in [0.25, 0.3) is 11.0 Å². The van der Waals surface area contributed by atoms with Crippen LogP contribution in [-0.2, 0) is 13.1 Å². The molecule has 0 aliphatic heterocycles. The smallest absolute Gasteiger partial charge is 0.191 e. The maximum atomic E-state index is 5.92. The average Bonchev–Trinajstić information content (AvgIpc) is 3.18. The Labute approximate surface area is 147 Å². The van der Waals surface area contributed by atoms with Gasteiger partial charge in [-0.1, -0.05) is 18.2 Å². The van der Waals surface area contributed by atoms with Gasteiger partial charge in [0.05, 0.1) is 12.7 Å². The zero-order valence-electron chi connectivity index (χ0n) is 15.0. The lowest BCUT2D eigenvalue weighted by molar-refractivity contribution is 0.532. The van der Waals surface area contributed by atoms with Gasteiger partial charge < -0.3 is 15.1 Å². The summed E-state index contributed by atoms with van der Waals surface area (Å²) < 4.78 is 7.89. The Balaban J connectivity index is 1.48. The van der Waals surface area contributed by atoms with Crippen molar-refractivity contribution in [2.45, 2.75) is 33.4 Å². The number of aromatic nitrogens is 2. The molecule has 0 radical (unpaired) electrons. The second-order valence-corrected chi connectivity index (χ2v) is 6.13. The van der Waals surface area contributed by atoms with Crippen LogP contribution in [0.2, 0.25) is 0 Å². The van der Waals surface area contributed by atoms with E-state index in [1.165, 1.54) is 11.1 Å². The lowest BCUT2D eigenvalue weighted by atomic mass is 10.1. The van der Waals surface area contributed by atoms with Crippen LogP contribution in [-0.4, -0.2) is 29.3 Å². The van der Waals surface area contributed by atoms with E-state index in [-0.39, 0.29) is 0 Å². The van der Waals surface area contributed by atoms with E-state index in [1.54, 1.807) is 7.05 Å². The summed E-state index contributed by atoms with van der Waals surface area (Å²) in [7, 11) is 1.78. The molecule has 0 aliphatic carbocycles. The number of nitrogens with one attached hydrogen (secondary N) is 2. The van der Waals surface area contributed by atoms with Crippen LogP contribution in [0.3, 0.4) is 0 Å². The van der Waals surface area contributed by atoms with Gasteiger partial charge in [-0.05, 0) is 31.9 Å². The number of aliphatic imine (C=N–C) groups is 1. The van der Waals surface area contributed by atoms with Gasteiger partial charge in [-0.15, -0.1) is 0 Å². The standard InChI is InChI=1S/C19H25N5O/c1-14-11-23-24(13-14)10-6-9-21-19(20-3)22-12-18-15(2)16-7-4-5-8-17(16)25-18/h4-5,7-8,11,13H,6,9-10,12H2,1-3H3,(H2,20,21,22). The molecule has 3 aromatic rings. The van der Waals surface area contributed by atoms with E-state index >= 15 is 0 Å². The largest absolute Gasteiger partial charge is 0.459 e. The summed E-state index contributed by atoms with van der Waals surface area (Å²) in [6.07, 6.45) is 4.91. The van der Waals surface area contributed by atoms with Gasteiger partial charge in [-0.3, -0.25) is 9.67 Å². The number of hydrogen-bond donors (Lipinski definition) is 2.